The molecular weight excluding hydrogens is 152 g/mol. The van der Waals surface area contributed by atoms with Gasteiger partial charge in [-0.25, -0.2) is 4.79 Å². The zero-order valence-corrected chi connectivity index (χ0v) is 5.99. The second kappa shape index (κ2) is 2.41. The molecule has 0 amide bonds. The van der Waals surface area contributed by atoms with Gasteiger partial charge in [0, 0.05) is 0 Å². The molecule has 11 heavy (non-hydrogen) atoms. The van der Waals surface area contributed by atoms with Crippen LogP contribution in [0.4, 0.5) is 4.79 Å². The molecule has 1 rings (SSSR count). The van der Waals surface area contributed by atoms with Gasteiger partial charge >= 0.3 is 12.1 Å². The summed E-state index contributed by atoms with van der Waals surface area (Å²) in [5.41, 5.74) is -0.983. The van der Waals surface area contributed by atoms with Gasteiger partial charge in [-0.05, 0) is 6.92 Å². The Morgan fingerprint density at radius 1 is 1.82 bits per heavy atom. The fraction of sp³-hybridized carbons (Fsp3) is 0.667. The van der Waals surface area contributed by atoms with Crippen molar-refractivity contribution in [2.24, 2.45) is 0 Å². The zero-order valence-electron chi connectivity index (χ0n) is 5.99. The summed E-state index contributed by atoms with van der Waals surface area (Å²) in [6.07, 6.45) is -1.38. The van der Waals surface area contributed by atoms with Crippen LogP contribution in [0, 0.1) is 0 Å². The lowest BCUT2D eigenvalue weighted by molar-refractivity contribution is -0.137. The molecule has 1 N–H and O–H groups in total. The molecule has 1 atom stereocenters. The summed E-state index contributed by atoms with van der Waals surface area (Å²) in [5.74, 6) is -0.422. The fourth-order valence-corrected chi connectivity index (χ4v) is 0.917. The number of hydrogen-bond donors (Lipinski definition) is 1. The van der Waals surface area contributed by atoms with Gasteiger partial charge in [0.25, 0.3) is 0 Å². The van der Waals surface area contributed by atoms with Gasteiger partial charge in [-0.1, -0.05) is 0 Å². The summed E-state index contributed by atoms with van der Waals surface area (Å²) in [7, 11) is 0. The molecule has 1 saturated heterocycles. The van der Waals surface area contributed by atoms with E-state index in [1.165, 1.54) is 6.92 Å². The van der Waals surface area contributed by atoms with Crippen molar-refractivity contribution >= 4 is 12.1 Å². The Morgan fingerprint density at radius 3 is 2.82 bits per heavy atom. The molecule has 0 saturated carbocycles. The summed E-state index contributed by atoms with van der Waals surface area (Å²) >= 11 is 0. The van der Waals surface area contributed by atoms with E-state index in [1.54, 1.807) is 0 Å². The van der Waals surface area contributed by atoms with Gasteiger partial charge in [-0.2, -0.15) is 0 Å². The van der Waals surface area contributed by atoms with Crippen molar-refractivity contribution in [3.05, 3.63) is 0 Å². The molecule has 0 radical (unpaired) electrons. The summed E-state index contributed by atoms with van der Waals surface area (Å²) in [4.78, 5) is 20.6. The maximum Gasteiger partial charge on any atom is 0.506 e. The van der Waals surface area contributed by atoms with Crippen LogP contribution in [0.1, 0.15) is 13.3 Å². The van der Waals surface area contributed by atoms with Crippen LogP contribution in [-0.4, -0.2) is 29.4 Å². The molecule has 5 heteroatoms. The van der Waals surface area contributed by atoms with Crippen molar-refractivity contribution in [2.45, 2.75) is 18.9 Å². The topological polar surface area (TPSA) is 72.8 Å². The first-order valence-electron chi connectivity index (χ1n) is 3.09. The van der Waals surface area contributed by atoms with Crippen LogP contribution in [0.5, 0.6) is 0 Å². The van der Waals surface area contributed by atoms with E-state index in [4.69, 9.17) is 5.11 Å². The molecule has 0 bridgehead atoms. The lowest BCUT2D eigenvalue weighted by Gasteiger charge is -2.17. The molecule has 0 aromatic heterocycles. The quantitative estimate of drug-likeness (QED) is 0.561. The number of hydrogen-bond acceptors (Lipinski definition) is 4. The predicted molar refractivity (Wildman–Crippen MR) is 33.1 cm³/mol. The standard InChI is InChI=1S/C6H8O5/c1-6(11-5(8)9)2-4(7)10-3-6/h2-3H2,1H3,(H,8,9). The third kappa shape index (κ3) is 1.83. The van der Waals surface area contributed by atoms with Crippen molar-refractivity contribution in [3.63, 3.8) is 0 Å². The maximum atomic E-state index is 10.5. The predicted octanol–water partition coefficient (Wildman–Crippen LogP) is 0.387. The number of rotatable bonds is 1. The van der Waals surface area contributed by atoms with Crippen LogP contribution in [-0.2, 0) is 14.3 Å². The molecule has 5 nitrogen and oxygen atoms in total. The average Bonchev–Trinajstić information content (AvgIpc) is 2.08. The second-order valence-electron chi connectivity index (χ2n) is 2.66. The normalized spacial score (nSPS) is 29.7. The van der Waals surface area contributed by atoms with Crippen molar-refractivity contribution in [3.8, 4) is 0 Å². The van der Waals surface area contributed by atoms with Gasteiger partial charge in [0.2, 0.25) is 0 Å². The SMILES string of the molecule is CC1(OC(=O)O)COC(=O)C1. The molecule has 0 spiro atoms. The van der Waals surface area contributed by atoms with Crippen LogP contribution in [0.2, 0.25) is 0 Å². The van der Waals surface area contributed by atoms with Crippen LogP contribution in [0.15, 0.2) is 0 Å². The molecule has 62 valence electrons. The number of cyclic esters (lactones) is 1. The first kappa shape index (κ1) is 7.84. The number of carbonyl (C=O) groups excluding carboxylic acids is 1. The minimum absolute atomic E-state index is 0.000694. The average molecular weight is 160 g/mol. The zero-order chi connectivity index (χ0) is 8.48. The minimum Gasteiger partial charge on any atom is -0.461 e. The first-order chi connectivity index (χ1) is 5.02. The molecule has 1 fully saturated rings. The number of carboxylic acid groups (broad SMARTS) is 1. The number of esters is 1. The van der Waals surface area contributed by atoms with Gasteiger partial charge in [-0.15, -0.1) is 0 Å². The summed E-state index contributed by atoms with van der Waals surface area (Å²) in [6.45, 7) is 1.53. The largest absolute Gasteiger partial charge is 0.506 e. The first-order valence-corrected chi connectivity index (χ1v) is 3.09. The Bertz CT molecular complexity index is 199. The third-order valence-electron chi connectivity index (χ3n) is 1.39. The van der Waals surface area contributed by atoms with E-state index in [2.05, 4.69) is 9.47 Å². The molecule has 1 aliphatic heterocycles. The van der Waals surface area contributed by atoms with Crippen molar-refractivity contribution < 1.29 is 24.2 Å². The van der Waals surface area contributed by atoms with Crippen molar-refractivity contribution in [1.29, 1.82) is 0 Å². The van der Waals surface area contributed by atoms with E-state index in [-0.39, 0.29) is 13.0 Å². The lowest BCUT2D eigenvalue weighted by Crippen LogP contribution is -2.31. The van der Waals surface area contributed by atoms with E-state index < -0.39 is 17.7 Å². The highest BCUT2D eigenvalue weighted by atomic mass is 16.7. The van der Waals surface area contributed by atoms with Crippen LogP contribution < -0.4 is 0 Å². The molecule has 1 unspecified atom stereocenters. The van der Waals surface area contributed by atoms with E-state index in [0.29, 0.717) is 0 Å². The Morgan fingerprint density at radius 2 is 2.45 bits per heavy atom. The minimum atomic E-state index is -1.38. The molecular formula is C6H8O5. The highest BCUT2D eigenvalue weighted by Gasteiger charge is 2.39. The fourth-order valence-electron chi connectivity index (χ4n) is 0.917. The van der Waals surface area contributed by atoms with E-state index in [9.17, 15) is 9.59 Å². The monoisotopic (exact) mass is 160 g/mol. The Labute approximate surface area is 62.9 Å². The molecule has 1 heterocycles. The van der Waals surface area contributed by atoms with E-state index in [0.717, 1.165) is 0 Å². The highest BCUT2D eigenvalue weighted by molar-refractivity contribution is 5.73. The Hall–Kier alpha value is -1.26. The summed E-state index contributed by atoms with van der Waals surface area (Å²) in [6, 6.07) is 0. The van der Waals surface area contributed by atoms with Gasteiger partial charge in [-0.3, -0.25) is 4.79 Å². The summed E-state index contributed by atoms with van der Waals surface area (Å²) < 4.78 is 8.98. The lowest BCUT2D eigenvalue weighted by atomic mass is 10.1. The molecule has 0 aliphatic carbocycles. The van der Waals surface area contributed by atoms with Gasteiger partial charge in [0.05, 0.1) is 6.42 Å². The van der Waals surface area contributed by atoms with Gasteiger partial charge in [0.1, 0.15) is 6.61 Å². The van der Waals surface area contributed by atoms with Crippen LogP contribution >= 0.6 is 0 Å². The molecule has 0 aromatic rings. The van der Waals surface area contributed by atoms with Crippen molar-refractivity contribution in [2.75, 3.05) is 6.61 Å². The summed E-state index contributed by atoms with van der Waals surface area (Å²) in [5, 5.41) is 8.24. The van der Waals surface area contributed by atoms with Crippen LogP contribution in [0.3, 0.4) is 0 Å². The molecule has 1 aliphatic rings. The number of ether oxygens (including phenoxy) is 2. The van der Waals surface area contributed by atoms with Gasteiger partial charge in [0.15, 0.2) is 5.60 Å². The Kier molecular flexibility index (Phi) is 1.72. The maximum absolute atomic E-state index is 10.5. The van der Waals surface area contributed by atoms with Crippen LogP contribution in [0.25, 0.3) is 0 Å². The second-order valence-corrected chi connectivity index (χ2v) is 2.66. The van der Waals surface area contributed by atoms with Gasteiger partial charge < -0.3 is 14.6 Å². The smallest absolute Gasteiger partial charge is 0.461 e. The molecule has 0 aromatic carbocycles. The van der Waals surface area contributed by atoms with Crippen molar-refractivity contribution in [1.82, 2.24) is 0 Å². The Balaban J connectivity index is 2.55. The number of carbonyl (C=O) groups is 2. The third-order valence-corrected chi connectivity index (χ3v) is 1.39. The van der Waals surface area contributed by atoms with E-state index >= 15 is 0 Å². The van der Waals surface area contributed by atoms with E-state index in [1.807, 2.05) is 0 Å². The highest BCUT2D eigenvalue weighted by Crippen LogP contribution is 2.23.